The molecule has 6 nitrogen and oxygen atoms in total. The first-order chi connectivity index (χ1) is 27.3. The van der Waals surface area contributed by atoms with Gasteiger partial charge >= 0.3 is 0 Å². The second-order valence-electron chi connectivity index (χ2n) is 14.3. The van der Waals surface area contributed by atoms with Crippen LogP contribution in [-0.4, -0.2) is 28.1 Å². The number of fused-ring (bicyclic) bond motifs is 15. The van der Waals surface area contributed by atoms with Crippen LogP contribution in [0.1, 0.15) is 0 Å². The first-order valence-corrected chi connectivity index (χ1v) is 19.3. The van der Waals surface area contributed by atoms with Crippen LogP contribution in [0, 0.1) is 0 Å². The summed E-state index contributed by atoms with van der Waals surface area (Å²) in [6.45, 7) is 0. The van der Waals surface area contributed by atoms with Gasteiger partial charge in [-0.05, 0) is 78.9 Å². The van der Waals surface area contributed by atoms with Gasteiger partial charge in [0.2, 0.25) is 5.78 Å². The summed E-state index contributed by atoms with van der Waals surface area (Å²) in [6, 6.07) is 58.8. The summed E-state index contributed by atoms with van der Waals surface area (Å²) in [5, 5.41) is 7.29. The van der Waals surface area contributed by atoms with E-state index >= 15 is 0 Å². The summed E-state index contributed by atoms with van der Waals surface area (Å²) in [5.74, 6) is 1.86. The van der Waals surface area contributed by atoms with E-state index in [4.69, 9.17) is 9.97 Å². The SMILES string of the molecule is c1ccc(-n2c3ccccc3n3c4ccc5c6ccccc6n(-c6ccc7sc8c(-n9c%10ccccc%10c%10ccccc%109)nccc8c7c6)c5c4nc23)cc1. The van der Waals surface area contributed by atoms with E-state index in [0.29, 0.717) is 0 Å². The maximum atomic E-state index is 5.53. The van der Waals surface area contributed by atoms with Gasteiger partial charge in [0.05, 0.1) is 43.3 Å². The molecule has 0 N–H and O–H groups in total. The molecule has 0 aliphatic carbocycles. The molecule has 7 heteroatoms. The van der Waals surface area contributed by atoms with Crippen molar-refractivity contribution in [3.05, 3.63) is 170 Å². The van der Waals surface area contributed by atoms with E-state index in [1.54, 1.807) is 0 Å². The Morgan fingerprint density at radius 3 is 1.80 bits per heavy atom. The molecule has 0 atom stereocenters. The predicted molar refractivity (Wildman–Crippen MR) is 229 cm³/mol. The average Bonchev–Trinajstić information content (AvgIpc) is 4.04. The highest BCUT2D eigenvalue weighted by Crippen LogP contribution is 2.43. The molecule has 0 spiro atoms. The predicted octanol–water partition coefficient (Wildman–Crippen LogP) is 12.4. The Labute approximate surface area is 317 Å². The Morgan fingerprint density at radius 2 is 1.05 bits per heavy atom. The minimum Gasteiger partial charge on any atom is -0.307 e. The Morgan fingerprint density at radius 1 is 0.418 bits per heavy atom. The number of pyridine rings is 1. The molecule has 0 amide bonds. The van der Waals surface area contributed by atoms with Gasteiger partial charge < -0.3 is 4.57 Å². The molecule has 256 valence electrons. The summed E-state index contributed by atoms with van der Waals surface area (Å²) in [7, 11) is 0. The number of imidazole rings is 2. The van der Waals surface area contributed by atoms with E-state index < -0.39 is 0 Å². The molecule has 0 radical (unpaired) electrons. The molecule has 0 aliphatic heterocycles. The molecular formula is C48H28N6S. The topological polar surface area (TPSA) is 45.0 Å². The number of aromatic nitrogens is 6. The van der Waals surface area contributed by atoms with Gasteiger partial charge in [0.15, 0.2) is 5.82 Å². The lowest BCUT2D eigenvalue weighted by Gasteiger charge is -2.09. The van der Waals surface area contributed by atoms with Gasteiger partial charge in [-0.25, -0.2) is 9.97 Å². The van der Waals surface area contributed by atoms with Crippen LogP contribution in [0.15, 0.2) is 170 Å². The van der Waals surface area contributed by atoms with Crippen molar-refractivity contribution in [2.24, 2.45) is 0 Å². The highest BCUT2D eigenvalue weighted by Gasteiger charge is 2.23. The minimum atomic E-state index is 0.899. The third kappa shape index (κ3) is 3.82. The fourth-order valence-corrected chi connectivity index (χ4v) is 10.3. The summed E-state index contributed by atoms with van der Waals surface area (Å²) in [4.78, 5) is 10.6. The van der Waals surface area contributed by atoms with Crippen molar-refractivity contribution < 1.29 is 0 Å². The van der Waals surface area contributed by atoms with Crippen LogP contribution in [0.4, 0.5) is 0 Å². The second-order valence-corrected chi connectivity index (χ2v) is 15.3. The molecule has 6 heterocycles. The normalized spacial score (nSPS) is 12.4. The lowest BCUT2D eigenvalue weighted by Crippen LogP contribution is -1.97. The molecular weight excluding hydrogens is 693 g/mol. The highest BCUT2D eigenvalue weighted by atomic mass is 32.1. The first-order valence-electron chi connectivity index (χ1n) is 18.5. The van der Waals surface area contributed by atoms with Gasteiger partial charge in [-0.1, -0.05) is 84.9 Å². The lowest BCUT2D eigenvalue weighted by molar-refractivity contribution is 1.11. The van der Waals surface area contributed by atoms with Crippen LogP contribution in [0.5, 0.6) is 0 Å². The molecule has 6 aromatic heterocycles. The van der Waals surface area contributed by atoms with Crippen molar-refractivity contribution >= 4 is 103 Å². The Kier molecular flexibility index (Phi) is 5.69. The molecule has 13 aromatic rings. The fourth-order valence-electron chi connectivity index (χ4n) is 9.14. The van der Waals surface area contributed by atoms with E-state index in [9.17, 15) is 0 Å². The van der Waals surface area contributed by atoms with Crippen molar-refractivity contribution in [1.29, 1.82) is 0 Å². The van der Waals surface area contributed by atoms with Crippen molar-refractivity contribution in [2.75, 3.05) is 0 Å². The van der Waals surface area contributed by atoms with Gasteiger partial charge in [0.25, 0.3) is 0 Å². The monoisotopic (exact) mass is 720 g/mol. The van der Waals surface area contributed by atoms with Crippen LogP contribution in [0.3, 0.4) is 0 Å². The van der Waals surface area contributed by atoms with Crippen molar-refractivity contribution in [3.63, 3.8) is 0 Å². The number of hydrogen-bond donors (Lipinski definition) is 0. The third-order valence-electron chi connectivity index (χ3n) is 11.4. The molecule has 55 heavy (non-hydrogen) atoms. The summed E-state index contributed by atoms with van der Waals surface area (Å²) in [5.41, 5.74) is 11.1. The largest absolute Gasteiger partial charge is 0.307 e. The quantitative estimate of drug-likeness (QED) is 0.182. The van der Waals surface area contributed by atoms with Gasteiger partial charge in [-0.2, -0.15) is 0 Å². The van der Waals surface area contributed by atoms with Crippen molar-refractivity contribution in [3.8, 4) is 17.2 Å². The number of para-hydroxylation sites is 6. The molecule has 0 saturated carbocycles. The maximum Gasteiger partial charge on any atom is 0.220 e. The number of rotatable bonds is 3. The Hall–Kier alpha value is -7.22. The van der Waals surface area contributed by atoms with Crippen molar-refractivity contribution in [2.45, 2.75) is 0 Å². The van der Waals surface area contributed by atoms with Crippen LogP contribution in [0.2, 0.25) is 0 Å². The average molecular weight is 721 g/mol. The number of hydrogen-bond acceptors (Lipinski definition) is 3. The smallest absolute Gasteiger partial charge is 0.220 e. The molecule has 0 saturated heterocycles. The summed E-state index contributed by atoms with van der Waals surface area (Å²) < 4.78 is 11.8. The van der Waals surface area contributed by atoms with E-state index in [1.807, 2.05) is 17.5 Å². The Bertz CT molecular complexity index is 3670. The third-order valence-corrected chi connectivity index (χ3v) is 12.6. The van der Waals surface area contributed by atoms with E-state index in [1.165, 1.54) is 41.7 Å². The zero-order valence-electron chi connectivity index (χ0n) is 29.3. The number of benzene rings is 7. The minimum absolute atomic E-state index is 0.899. The first kappa shape index (κ1) is 29.3. The zero-order valence-corrected chi connectivity index (χ0v) is 30.1. The molecule has 0 unspecified atom stereocenters. The van der Waals surface area contributed by atoms with Gasteiger partial charge in [0, 0.05) is 54.6 Å². The van der Waals surface area contributed by atoms with Crippen LogP contribution in [-0.2, 0) is 0 Å². The second kappa shape index (κ2) is 10.7. The van der Waals surface area contributed by atoms with E-state index in [0.717, 1.165) is 67.1 Å². The highest BCUT2D eigenvalue weighted by molar-refractivity contribution is 7.26. The number of thiophene rings is 1. The molecule has 0 aliphatic rings. The zero-order chi connectivity index (χ0) is 35.8. The maximum absolute atomic E-state index is 5.53. The van der Waals surface area contributed by atoms with Crippen LogP contribution in [0.25, 0.3) is 109 Å². The fraction of sp³-hybridized carbons (Fsp3) is 0. The van der Waals surface area contributed by atoms with Crippen LogP contribution >= 0.6 is 11.3 Å². The van der Waals surface area contributed by atoms with Crippen molar-refractivity contribution in [1.82, 2.24) is 28.1 Å². The van der Waals surface area contributed by atoms with E-state index in [2.05, 4.69) is 182 Å². The molecule has 7 aromatic carbocycles. The van der Waals surface area contributed by atoms with E-state index in [-0.39, 0.29) is 0 Å². The van der Waals surface area contributed by atoms with Gasteiger partial charge in [-0.3, -0.25) is 13.5 Å². The standard InChI is InChI=1S/C48H28N6S/c1-2-12-29(13-3-1)52-40-20-10-11-21-41(40)54-42-24-23-34-33-16-6-7-17-37(33)51(45(34)44(42)50-48(52)54)30-22-25-43-36(28-30)35-26-27-49-47(46(35)55-43)53-38-18-8-4-14-31(38)32-15-5-9-19-39(32)53/h1-28H. The number of nitrogens with zero attached hydrogens (tertiary/aromatic N) is 6. The molecule has 0 bridgehead atoms. The molecule has 13 rings (SSSR count). The van der Waals surface area contributed by atoms with Gasteiger partial charge in [-0.15, -0.1) is 11.3 Å². The summed E-state index contributed by atoms with van der Waals surface area (Å²) >= 11 is 1.81. The summed E-state index contributed by atoms with van der Waals surface area (Å²) in [6.07, 6.45) is 1.97. The lowest BCUT2D eigenvalue weighted by atomic mass is 10.1. The Balaban J connectivity index is 1.10. The molecule has 0 fully saturated rings. The van der Waals surface area contributed by atoms with Crippen LogP contribution < -0.4 is 0 Å². The van der Waals surface area contributed by atoms with Gasteiger partial charge in [0.1, 0.15) is 5.52 Å².